The van der Waals surface area contributed by atoms with Gasteiger partial charge in [0.05, 0.1) is 23.3 Å². The maximum Gasteiger partial charge on any atom is 0.323 e. The summed E-state index contributed by atoms with van der Waals surface area (Å²) in [4.78, 5) is 28.5. The van der Waals surface area contributed by atoms with E-state index < -0.39 is 14.6 Å². The third kappa shape index (κ3) is 8.98. The van der Waals surface area contributed by atoms with Crippen molar-refractivity contribution in [3.63, 3.8) is 0 Å². The molecular weight excluding hydrogens is 587 g/mol. The second-order valence-corrected chi connectivity index (χ2v) is 11.6. The number of nitrogens with zero attached hydrogens (tertiary/aromatic N) is 2. The van der Waals surface area contributed by atoms with Crippen LogP contribution in [-0.4, -0.2) is 61.2 Å². The SMILES string of the molecule is CC(C)OC(=O)C(C)N[P@@](OCC1CC(C)C(N(C)/C=C(Br)\C(N)=N/C=O)O1)Oc1cccc2ccccc12. The van der Waals surface area contributed by atoms with E-state index in [0.717, 1.165) is 17.2 Å². The van der Waals surface area contributed by atoms with Gasteiger partial charge in [0, 0.05) is 24.6 Å². The number of esters is 1. The Hall–Kier alpha value is -2.56. The maximum absolute atomic E-state index is 12.5. The minimum Gasteiger partial charge on any atom is -0.462 e. The van der Waals surface area contributed by atoms with Crippen LogP contribution in [0.1, 0.15) is 34.1 Å². The molecule has 0 radical (unpaired) electrons. The van der Waals surface area contributed by atoms with Crippen LogP contribution in [0.2, 0.25) is 0 Å². The lowest BCUT2D eigenvalue weighted by Gasteiger charge is -2.27. The van der Waals surface area contributed by atoms with Crippen LogP contribution in [0.5, 0.6) is 5.75 Å². The van der Waals surface area contributed by atoms with Crippen LogP contribution in [0.3, 0.4) is 0 Å². The van der Waals surface area contributed by atoms with Gasteiger partial charge in [0.25, 0.3) is 0 Å². The van der Waals surface area contributed by atoms with Gasteiger partial charge in [-0.3, -0.25) is 9.59 Å². The second kappa shape index (κ2) is 14.7. The Labute approximate surface area is 239 Å². The largest absolute Gasteiger partial charge is 0.462 e. The number of fused-ring (bicyclic) bond motifs is 1. The number of hydrogen-bond donors (Lipinski definition) is 2. The minimum atomic E-state index is -1.72. The zero-order chi connectivity index (χ0) is 28.5. The zero-order valence-electron chi connectivity index (χ0n) is 22.7. The van der Waals surface area contributed by atoms with E-state index in [9.17, 15) is 9.59 Å². The van der Waals surface area contributed by atoms with E-state index in [1.54, 1.807) is 27.0 Å². The number of carbonyl (C=O) groups excluding carboxylic acids is 2. The van der Waals surface area contributed by atoms with Crippen LogP contribution >= 0.6 is 24.5 Å². The minimum absolute atomic E-state index is 0.0785. The molecule has 0 bridgehead atoms. The zero-order valence-corrected chi connectivity index (χ0v) is 25.2. The number of nitrogens with two attached hydrogens (primary N) is 1. The number of halogens is 1. The fourth-order valence-corrected chi connectivity index (χ4v) is 5.78. The van der Waals surface area contributed by atoms with Crippen molar-refractivity contribution in [3.8, 4) is 5.75 Å². The molecular formula is C27H36BrN4O6P. The number of hydrogen-bond acceptors (Lipinski definition) is 8. The van der Waals surface area contributed by atoms with E-state index in [4.69, 9.17) is 24.3 Å². The molecule has 3 rings (SSSR count). The molecule has 4 unspecified atom stereocenters. The predicted molar refractivity (Wildman–Crippen MR) is 156 cm³/mol. The summed E-state index contributed by atoms with van der Waals surface area (Å²) in [5.41, 5.74) is 5.77. The first kappa shape index (κ1) is 31.0. The van der Waals surface area contributed by atoms with Crippen LogP contribution in [0, 0.1) is 5.92 Å². The highest BCUT2D eigenvalue weighted by Crippen LogP contribution is 2.41. The molecule has 1 aliphatic rings. The molecule has 3 N–H and O–H groups in total. The van der Waals surface area contributed by atoms with E-state index in [0.29, 0.717) is 16.6 Å². The number of rotatable bonds is 13. The number of aliphatic imine (C=N–C) groups is 1. The highest BCUT2D eigenvalue weighted by Gasteiger charge is 2.35. The van der Waals surface area contributed by atoms with Crippen LogP contribution in [0.25, 0.3) is 10.8 Å². The van der Waals surface area contributed by atoms with Gasteiger partial charge in [0.2, 0.25) is 6.41 Å². The lowest BCUT2D eigenvalue weighted by Crippen LogP contribution is -2.35. The molecule has 0 saturated carbocycles. The van der Waals surface area contributed by atoms with Crippen LogP contribution < -0.4 is 15.3 Å². The molecule has 212 valence electrons. The van der Waals surface area contributed by atoms with Crippen LogP contribution in [-0.2, 0) is 23.6 Å². The summed E-state index contributed by atoms with van der Waals surface area (Å²) in [6.45, 7) is 7.67. The van der Waals surface area contributed by atoms with Crippen molar-refractivity contribution >= 4 is 53.4 Å². The fraction of sp³-hybridized carbons (Fsp3) is 0.444. The molecule has 1 amide bonds. The average molecular weight is 623 g/mol. The van der Waals surface area contributed by atoms with Crippen molar-refractivity contribution in [2.24, 2.45) is 16.6 Å². The molecule has 0 aliphatic carbocycles. The molecule has 0 aromatic heterocycles. The van der Waals surface area contributed by atoms with Gasteiger partial charge >= 0.3 is 14.5 Å². The summed E-state index contributed by atoms with van der Waals surface area (Å²) in [7, 11) is 0.138. The van der Waals surface area contributed by atoms with Gasteiger partial charge < -0.3 is 29.2 Å². The van der Waals surface area contributed by atoms with Crippen molar-refractivity contribution in [3.05, 3.63) is 53.1 Å². The summed E-state index contributed by atoms with van der Waals surface area (Å²) in [6.07, 6.45) is 2.19. The van der Waals surface area contributed by atoms with Gasteiger partial charge in [-0.05, 0) is 54.6 Å². The lowest BCUT2D eigenvalue weighted by molar-refractivity contribution is -0.149. The summed E-state index contributed by atoms with van der Waals surface area (Å²) >= 11 is 3.34. The Morgan fingerprint density at radius 3 is 2.72 bits per heavy atom. The Bertz CT molecular complexity index is 1190. The number of benzene rings is 2. The molecule has 1 saturated heterocycles. The van der Waals surface area contributed by atoms with Crippen molar-refractivity contribution < 1.29 is 28.1 Å². The van der Waals surface area contributed by atoms with E-state index >= 15 is 0 Å². The summed E-state index contributed by atoms with van der Waals surface area (Å²) in [5, 5.41) is 5.14. The van der Waals surface area contributed by atoms with E-state index in [1.165, 1.54) is 0 Å². The van der Waals surface area contributed by atoms with Gasteiger partial charge in [-0.15, -0.1) is 0 Å². The average Bonchev–Trinajstić information content (AvgIpc) is 3.27. The van der Waals surface area contributed by atoms with Crippen molar-refractivity contribution in [2.45, 2.75) is 58.6 Å². The first-order valence-corrected chi connectivity index (χ1v) is 14.6. The third-order valence-electron chi connectivity index (χ3n) is 5.92. The summed E-state index contributed by atoms with van der Waals surface area (Å²) in [6, 6.07) is 13.1. The molecule has 2 aromatic rings. The van der Waals surface area contributed by atoms with Gasteiger partial charge in [-0.2, -0.15) is 4.99 Å². The quantitative estimate of drug-likeness (QED) is 0.106. The second-order valence-electron chi connectivity index (χ2n) is 9.58. The van der Waals surface area contributed by atoms with Gasteiger partial charge in [-0.25, -0.2) is 5.09 Å². The normalized spacial score (nSPS) is 21.6. The summed E-state index contributed by atoms with van der Waals surface area (Å²) < 4.78 is 24.6. The van der Waals surface area contributed by atoms with E-state index in [2.05, 4.69) is 32.9 Å². The molecule has 1 fully saturated rings. The predicted octanol–water partition coefficient (Wildman–Crippen LogP) is 4.82. The molecule has 10 nitrogen and oxygen atoms in total. The Morgan fingerprint density at radius 1 is 1.28 bits per heavy atom. The molecule has 39 heavy (non-hydrogen) atoms. The molecule has 5 atom stereocenters. The van der Waals surface area contributed by atoms with Gasteiger partial charge in [0.1, 0.15) is 23.9 Å². The Kier molecular flexibility index (Phi) is 11.7. The third-order valence-corrected chi connectivity index (χ3v) is 7.88. The van der Waals surface area contributed by atoms with E-state index in [1.807, 2.05) is 54.4 Å². The van der Waals surface area contributed by atoms with Gasteiger partial charge in [-0.1, -0.05) is 43.3 Å². The number of carbonyl (C=O) groups is 2. The molecule has 12 heteroatoms. The van der Waals surface area contributed by atoms with Crippen LogP contribution in [0.15, 0.2) is 58.1 Å². The number of amides is 1. The molecule has 0 spiro atoms. The topological polar surface area (TPSA) is 125 Å². The fourth-order valence-electron chi connectivity index (χ4n) is 4.11. The first-order valence-electron chi connectivity index (χ1n) is 12.7. The number of nitrogens with one attached hydrogen (secondary N) is 1. The smallest absolute Gasteiger partial charge is 0.323 e. The Morgan fingerprint density at radius 2 is 2.00 bits per heavy atom. The Balaban J connectivity index is 1.70. The summed E-state index contributed by atoms with van der Waals surface area (Å²) in [5.74, 6) is 0.529. The highest BCUT2D eigenvalue weighted by molar-refractivity contribution is 9.12. The molecule has 1 heterocycles. The maximum atomic E-state index is 12.5. The van der Waals surface area contributed by atoms with Crippen LogP contribution in [0.4, 0.5) is 0 Å². The molecule has 2 aromatic carbocycles. The van der Waals surface area contributed by atoms with E-state index in [-0.39, 0.29) is 42.8 Å². The number of ether oxygens (including phenoxy) is 2. The van der Waals surface area contributed by atoms with Crippen molar-refractivity contribution in [1.29, 1.82) is 0 Å². The first-order chi connectivity index (χ1) is 18.6. The van der Waals surface area contributed by atoms with Crippen molar-refractivity contribution in [1.82, 2.24) is 9.99 Å². The lowest BCUT2D eigenvalue weighted by atomic mass is 10.1. The van der Waals surface area contributed by atoms with Crippen molar-refractivity contribution in [2.75, 3.05) is 13.7 Å². The monoisotopic (exact) mass is 622 g/mol. The molecule has 1 aliphatic heterocycles. The van der Waals surface area contributed by atoms with Gasteiger partial charge in [0.15, 0.2) is 0 Å². The standard InChI is InChI=1S/C27H36BrN4O6P/c1-17(2)36-27(34)19(4)31-39(38-24-12-8-10-20-9-6-7-11-22(20)24)35-15-21-13-18(3)26(37-21)32(5)14-23(28)25(29)30-16-33/h6-12,14,16-19,21,26,31H,13,15H2,1-5H3,(H2,29,30,33)/b23-14+/t18?,19?,21?,26?,39-/m0/s1. The number of amidine groups is 1. The highest BCUT2D eigenvalue weighted by atomic mass is 79.9.